The number of halogens is 1. The van der Waals surface area contributed by atoms with Crippen molar-refractivity contribution in [2.45, 2.75) is 13.8 Å². The maximum atomic E-state index is 6.57. The van der Waals surface area contributed by atoms with Gasteiger partial charge in [0.15, 0.2) is 0 Å². The summed E-state index contributed by atoms with van der Waals surface area (Å²) in [6, 6.07) is 16.8. The fourth-order valence-electron chi connectivity index (χ4n) is 1.67. The summed E-state index contributed by atoms with van der Waals surface area (Å²) >= 11 is 6.57. The Morgan fingerprint density at radius 2 is 1.69 bits per heavy atom. The van der Waals surface area contributed by atoms with Gasteiger partial charge in [0.2, 0.25) is 0 Å². The smallest absolute Gasteiger partial charge is 0.0527 e. The second kappa shape index (κ2) is 4.99. The Morgan fingerprint density at radius 1 is 0.938 bits per heavy atom. The van der Waals surface area contributed by atoms with Gasteiger partial charge in [-0.2, -0.15) is 0 Å². The lowest BCUT2D eigenvalue weighted by atomic mass is 10.2. The van der Waals surface area contributed by atoms with Crippen LogP contribution in [0.3, 0.4) is 0 Å². The molecule has 1 atom stereocenters. The second-order valence-electron chi connectivity index (χ2n) is 3.91. The van der Waals surface area contributed by atoms with Crippen LogP contribution in [-0.4, -0.2) is 0 Å². The van der Waals surface area contributed by atoms with Gasteiger partial charge in [-0.25, -0.2) is 0 Å². The van der Waals surface area contributed by atoms with E-state index in [0.29, 0.717) is 0 Å². The van der Waals surface area contributed by atoms with Crippen LogP contribution in [0.25, 0.3) is 0 Å². The molecular weight excluding hydrogens is 235 g/mol. The normalized spacial score (nSPS) is 12.4. The van der Waals surface area contributed by atoms with Gasteiger partial charge in [0.1, 0.15) is 0 Å². The monoisotopic (exact) mass is 248 g/mol. The molecule has 0 amide bonds. The molecule has 0 bridgehead atoms. The first-order valence-corrected chi connectivity index (χ1v) is 7.51. The van der Waals surface area contributed by atoms with E-state index in [1.54, 1.807) is 0 Å². The van der Waals surface area contributed by atoms with Crippen LogP contribution in [0.2, 0.25) is 0 Å². The van der Waals surface area contributed by atoms with Crippen LogP contribution in [0.1, 0.15) is 11.1 Å². The van der Waals surface area contributed by atoms with Gasteiger partial charge in [-0.15, -0.1) is 0 Å². The summed E-state index contributed by atoms with van der Waals surface area (Å²) < 4.78 is 0. The molecule has 0 saturated carbocycles. The molecule has 82 valence electrons. The van der Waals surface area contributed by atoms with Gasteiger partial charge in [0.05, 0.1) is 7.27 Å². The third-order valence-electron chi connectivity index (χ3n) is 2.56. The van der Waals surface area contributed by atoms with Crippen LogP contribution >= 0.6 is 18.5 Å². The van der Waals surface area contributed by atoms with E-state index >= 15 is 0 Å². The van der Waals surface area contributed by atoms with E-state index in [9.17, 15) is 0 Å². The topological polar surface area (TPSA) is 0 Å². The van der Waals surface area contributed by atoms with Crippen LogP contribution in [0.5, 0.6) is 0 Å². The van der Waals surface area contributed by atoms with E-state index in [2.05, 4.69) is 62.4 Å². The second-order valence-corrected chi connectivity index (χ2v) is 6.48. The summed E-state index contributed by atoms with van der Waals surface area (Å²) in [7, 11) is -0.736. The average Bonchev–Trinajstić information content (AvgIpc) is 2.29. The van der Waals surface area contributed by atoms with Crippen molar-refractivity contribution in [1.82, 2.24) is 0 Å². The van der Waals surface area contributed by atoms with Gasteiger partial charge in [-0.05, 0) is 30.0 Å². The van der Waals surface area contributed by atoms with Gasteiger partial charge in [-0.1, -0.05) is 65.3 Å². The van der Waals surface area contributed by atoms with Crippen LogP contribution in [0.15, 0.2) is 48.5 Å². The van der Waals surface area contributed by atoms with Crippen molar-refractivity contribution < 1.29 is 0 Å². The molecule has 0 aliphatic carbocycles. The molecule has 2 rings (SSSR count). The van der Waals surface area contributed by atoms with E-state index in [1.165, 1.54) is 21.7 Å². The predicted octanol–water partition coefficient (Wildman–Crippen LogP) is 3.89. The summed E-state index contributed by atoms with van der Waals surface area (Å²) in [5.74, 6) is 0. The van der Waals surface area contributed by atoms with Crippen LogP contribution in [-0.2, 0) is 0 Å². The lowest BCUT2D eigenvalue weighted by Gasteiger charge is -2.13. The summed E-state index contributed by atoms with van der Waals surface area (Å²) in [6.45, 7) is 4.21. The molecule has 0 saturated heterocycles. The third kappa shape index (κ3) is 2.45. The SMILES string of the molecule is Cc1cccc(P(Cl)c2ccccc2C)c1. The average molecular weight is 249 g/mol. The molecule has 0 spiro atoms. The zero-order valence-corrected chi connectivity index (χ0v) is 11.1. The van der Waals surface area contributed by atoms with Crippen molar-refractivity contribution in [3.63, 3.8) is 0 Å². The zero-order chi connectivity index (χ0) is 11.5. The van der Waals surface area contributed by atoms with Gasteiger partial charge >= 0.3 is 0 Å². The van der Waals surface area contributed by atoms with Crippen molar-refractivity contribution in [3.8, 4) is 0 Å². The first kappa shape index (κ1) is 11.6. The van der Waals surface area contributed by atoms with Crippen molar-refractivity contribution in [1.29, 1.82) is 0 Å². The standard InChI is InChI=1S/C14H14ClP/c1-11-6-5-8-13(10-11)16(15)14-9-4-3-7-12(14)2/h3-10H,1-2H3. The van der Waals surface area contributed by atoms with Crippen molar-refractivity contribution in [3.05, 3.63) is 59.7 Å². The Hall–Kier alpha value is -0.840. The summed E-state index contributed by atoms with van der Waals surface area (Å²) in [4.78, 5) is 0. The number of hydrogen-bond acceptors (Lipinski definition) is 0. The molecule has 0 aliphatic heterocycles. The summed E-state index contributed by atoms with van der Waals surface area (Å²) in [5, 5.41) is 2.48. The highest BCUT2D eigenvalue weighted by Crippen LogP contribution is 2.39. The number of benzene rings is 2. The minimum Gasteiger partial charge on any atom is -0.0859 e. The molecule has 0 nitrogen and oxygen atoms in total. The Labute approximate surface area is 103 Å². The van der Waals surface area contributed by atoms with E-state index < -0.39 is 7.27 Å². The van der Waals surface area contributed by atoms with Gasteiger partial charge in [0.25, 0.3) is 0 Å². The molecule has 0 fully saturated rings. The highest BCUT2D eigenvalue weighted by molar-refractivity contribution is 7.95. The Morgan fingerprint density at radius 3 is 2.38 bits per heavy atom. The van der Waals surface area contributed by atoms with Crippen molar-refractivity contribution in [2.24, 2.45) is 0 Å². The summed E-state index contributed by atoms with van der Waals surface area (Å²) in [5.41, 5.74) is 2.53. The molecule has 0 aliphatic rings. The third-order valence-corrected chi connectivity index (χ3v) is 5.34. The number of rotatable bonds is 2. The molecule has 2 heteroatoms. The lowest BCUT2D eigenvalue weighted by Crippen LogP contribution is -2.10. The molecule has 2 aromatic carbocycles. The van der Waals surface area contributed by atoms with Gasteiger partial charge < -0.3 is 0 Å². The van der Waals surface area contributed by atoms with Gasteiger partial charge in [0, 0.05) is 0 Å². The zero-order valence-electron chi connectivity index (χ0n) is 9.44. The minimum atomic E-state index is -0.736. The minimum absolute atomic E-state index is 0.736. The maximum absolute atomic E-state index is 6.57. The molecule has 16 heavy (non-hydrogen) atoms. The Balaban J connectivity index is 2.39. The van der Waals surface area contributed by atoms with Crippen molar-refractivity contribution >= 4 is 29.1 Å². The largest absolute Gasteiger partial charge is 0.0859 e. The van der Waals surface area contributed by atoms with Gasteiger partial charge in [-0.3, -0.25) is 0 Å². The highest BCUT2D eigenvalue weighted by Gasteiger charge is 2.12. The fourth-order valence-corrected chi connectivity index (χ4v) is 3.97. The van der Waals surface area contributed by atoms with E-state index in [-0.39, 0.29) is 0 Å². The molecule has 1 unspecified atom stereocenters. The Kier molecular flexibility index (Phi) is 3.63. The molecule has 0 radical (unpaired) electrons. The molecule has 2 aromatic rings. The molecular formula is C14H14ClP. The van der Waals surface area contributed by atoms with Crippen molar-refractivity contribution in [2.75, 3.05) is 0 Å². The molecule has 0 aromatic heterocycles. The lowest BCUT2D eigenvalue weighted by molar-refractivity contribution is 1.49. The van der Waals surface area contributed by atoms with E-state index in [0.717, 1.165) is 0 Å². The fraction of sp³-hybridized carbons (Fsp3) is 0.143. The predicted molar refractivity (Wildman–Crippen MR) is 74.4 cm³/mol. The van der Waals surface area contributed by atoms with Crippen LogP contribution in [0, 0.1) is 13.8 Å². The van der Waals surface area contributed by atoms with E-state index in [1.807, 2.05) is 0 Å². The first-order chi connectivity index (χ1) is 7.68. The van der Waals surface area contributed by atoms with E-state index in [4.69, 9.17) is 11.2 Å². The summed E-state index contributed by atoms with van der Waals surface area (Å²) in [6.07, 6.45) is 0. The highest BCUT2D eigenvalue weighted by atomic mass is 35.7. The first-order valence-electron chi connectivity index (χ1n) is 5.26. The number of aryl methyl sites for hydroxylation is 2. The quantitative estimate of drug-likeness (QED) is 0.708. The van der Waals surface area contributed by atoms with Crippen LogP contribution < -0.4 is 10.6 Å². The van der Waals surface area contributed by atoms with Crippen LogP contribution in [0.4, 0.5) is 0 Å². The maximum Gasteiger partial charge on any atom is 0.0527 e. The Bertz CT molecular complexity index is 494. The molecule has 0 heterocycles. The number of hydrogen-bond donors (Lipinski definition) is 0. The molecule has 0 N–H and O–H groups in total.